The summed E-state index contributed by atoms with van der Waals surface area (Å²) in [5.41, 5.74) is -1.08. The van der Waals surface area contributed by atoms with Crippen molar-refractivity contribution in [1.29, 1.82) is 0 Å². The number of thiophene rings is 1. The van der Waals surface area contributed by atoms with Gasteiger partial charge in [0.15, 0.2) is 10.9 Å². The van der Waals surface area contributed by atoms with Gasteiger partial charge < -0.3 is 4.74 Å². The van der Waals surface area contributed by atoms with Crippen molar-refractivity contribution in [1.82, 2.24) is 23.7 Å². The smallest absolute Gasteiger partial charge is 0.406 e. The zero-order valence-corrected chi connectivity index (χ0v) is 20.9. The Hall–Kier alpha value is -2.05. The molecular formula is C18H20Cl3N5O5S. The molecular weight excluding hydrogens is 505 g/mol. The molecule has 3 heterocycles. The number of ether oxygens (including phenoxy) is 1. The molecule has 0 fully saturated rings. The third-order valence-corrected chi connectivity index (χ3v) is 6.80. The van der Waals surface area contributed by atoms with Crippen molar-refractivity contribution in [3.8, 4) is 5.75 Å². The maximum atomic E-state index is 13.1. The summed E-state index contributed by atoms with van der Waals surface area (Å²) in [7, 11) is 4.02. The molecule has 32 heavy (non-hydrogen) atoms. The maximum absolute atomic E-state index is 13.1. The first-order valence-corrected chi connectivity index (χ1v) is 11.2. The summed E-state index contributed by atoms with van der Waals surface area (Å²) in [5, 5.41) is 1.03. The van der Waals surface area contributed by atoms with Crippen molar-refractivity contribution in [2.75, 3.05) is 14.2 Å². The Balaban J connectivity index is 2.32. The number of carbonyl (C=O) groups excluding carboxylic acids is 1. The second kappa shape index (κ2) is 9.44. The minimum atomic E-state index is -0.863. The molecule has 0 aliphatic heterocycles. The Morgan fingerprint density at radius 1 is 1.22 bits per heavy atom. The van der Waals surface area contributed by atoms with Gasteiger partial charge in [-0.1, -0.05) is 37.0 Å². The van der Waals surface area contributed by atoms with E-state index in [2.05, 4.69) is 4.98 Å². The number of aromatic nitrogens is 4. The molecule has 14 heteroatoms. The van der Waals surface area contributed by atoms with Gasteiger partial charge >= 0.3 is 11.8 Å². The predicted octanol–water partition coefficient (Wildman–Crippen LogP) is 3.61. The van der Waals surface area contributed by atoms with E-state index in [0.29, 0.717) is 16.3 Å². The summed E-state index contributed by atoms with van der Waals surface area (Å²) in [6, 6.07) is 0. The lowest BCUT2D eigenvalue weighted by Crippen LogP contribution is -2.38. The molecule has 10 nitrogen and oxygen atoms in total. The van der Waals surface area contributed by atoms with Crippen LogP contribution in [-0.4, -0.2) is 44.0 Å². The van der Waals surface area contributed by atoms with Gasteiger partial charge in [0.05, 0.1) is 18.5 Å². The van der Waals surface area contributed by atoms with E-state index in [4.69, 9.17) is 44.4 Å². The van der Waals surface area contributed by atoms with E-state index in [0.717, 1.165) is 21.0 Å². The van der Waals surface area contributed by atoms with Crippen LogP contribution in [0.1, 0.15) is 18.7 Å². The van der Waals surface area contributed by atoms with Gasteiger partial charge in [-0.25, -0.2) is 14.6 Å². The van der Waals surface area contributed by atoms with Crippen LogP contribution >= 0.6 is 46.1 Å². The van der Waals surface area contributed by atoms with Gasteiger partial charge in [0.1, 0.15) is 15.4 Å². The fourth-order valence-corrected chi connectivity index (χ4v) is 4.86. The van der Waals surface area contributed by atoms with Crippen LogP contribution in [0.4, 0.5) is 4.79 Å². The third-order valence-electron chi connectivity index (χ3n) is 4.59. The molecule has 0 saturated heterocycles. The van der Waals surface area contributed by atoms with Crippen molar-refractivity contribution in [2.45, 2.75) is 26.9 Å². The first-order chi connectivity index (χ1) is 15.0. The largest absolute Gasteiger partial charge is 0.439 e. The van der Waals surface area contributed by atoms with Crippen LogP contribution in [0.5, 0.6) is 5.75 Å². The molecule has 3 aromatic heterocycles. The highest BCUT2D eigenvalue weighted by atomic mass is 35.5. The number of carbonyl (C=O) groups is 1. The topological polar surface area (TPSA) is 101 Å². The minimum Gasteiger partial charge on any atom is -0.406 e. The Morgan fingerprint density at radius 3 is 2.41 bits per heavy atom. The number of hydroxylamine groups is 2. The van der Waals surface area contributed by atoms with Gasteiger partial charge in [0.25, 0.3) is 5.56 Å². The predicted molar refractivity (Wildman–Crippen MR) is 123 cm³/mol. The van der Waals surface area contributed by atoms with Crippen molar-refractivity contribution in [2.24, 2.45) is 13.0 Å². The second-order valence-electron chi connectivity index (χ2n) is 7.28. The monoisotopic (exact) mass is 523 g/mol. The Kier molecular flexibility index (Phi) is 7.25. The van der Waals surface area contributed by atoms with E-state index in [-0.39, 0.29) is 39.2 Å². The SMILES string of the molecule is CON(C)C(=O)Oc1c(Cn2c(Cl)nc(Cl)c2Cl)sc2c1c(=O)n(C)c(=O)n2CC(C)C. The summed E-state index contributed by atoms with van der Waals surface area (Å²) in [4.78, 5) is 47.9. The van der Waals surface area contributed by atoms with E-state index < -0.39 is 17.3 Å². The summed E-state index contributed by atoms with van der Waals surface area (Å²) < 4.78 is 9.39. The van der Waals surface area contributed by atoms with E-state index in [1.807, 2.05) is 13.8 Å². The molecule has 0 saturated carbocycles. The lowest BCUT2D eigenvalue weighted by Gasteiger charge is -2.15. The highest BCUT2D eigenvalue weighted by Crippen LogP contribution is 2.38. The van der Waals surface area contributed by atoms with Crippen LogP contribution in [0.3, 0.4) is 0 Å². The molecule has 174 valence electrons. The Bertz CT molecular complexity index is 1310. The van der Waals surface area contributed by atoms with Gasteiger partial charge in [0, 0.05) is 20.6 Å². The molecule has 0 atom stereocenters. The van der Waals surface area contributed by atoms with Gasteiger partial charge in [-0.3, -0.25) is 23.3 Å². The van der Waals surface area contributed by atoms with E-state index >= 15 is 0 Å². The van der Waals surface area contributed by atoms with Crippen LogP contribution in [-0.2, 0) is 25.0 Å². The van der Waals surface area contributed by atoms with Crippen LogP contribution in [0, 0.1) is 5.92 Å². The van der Waals surface area contributed by atoms with Gasteiger partial charge in [-0.05, 0) is 17.5 Å². The molecule has 0 radical (unpaired) electrons. The van der Waals surface area contributed by atoms with Crippen LogP contribution in [0.2, 0.25) is 15.6 Å². The number of nitrogens with zero attached hydrogens (tertiary/aromatic N) is 5. The van der Waals surface area contributed by atoms with Crippen molar-refractivity contribution >= 4 is 62.4 Å². The lowest BCUT2D eigenvalue weighted by molar-refractivity contribution is -0.0789. The Labute approximate surface area is 201 Å². The summed E-state index contributed by atoms with van der Waals surface area (Å²) in [6.45, 7) is 4.24. The fourth-order valence-electron chi connectivity index (χ4n) is 2.97. The molecule has 0 bridgehead atoms. The van der Waals surface area contributed by atoms with Crippen molar-refractivity contribution < 1.29 is 14.4 Å². The summed E-state index contributed by atoms with van der Waals surface area (Å²) in [6.07, 6.45) is -0.863. The van der Waals surface area contributed by atoms with Gasteiger partial charge in [-0.15, -0.1) is 11.3 Å². The quantitative estimate of drug-likeness (QED) is 0.457. The maximum Gasteiger partial charge on any atom is 0.439 e. The molecule has 3 rings (SSSR count). The zero-order chi connectivity index (χ0) is 23.9. The van der Waals surface area contributed by atoms with Crippen LogP contribution in [0.15, 0.2) is 9.59 Å². The first-order valence-electron chi connectivity index (χ1n) is 9.29. The lowest BCUT2D eigenvalue weighted by atomic mass is 10.2. The number of halogens is 3. The second-order valence-corrected chi connectivity index (χ2v) is 9.42. The highest BCUT2D eigenvalue weighted by molar-refractivity contribution is 7.19. The molecule has 3 aromatic rings. The number of rotatable bonds is 6. The Morgan fingerprint density at radius 2 is 1.88 bits per heavy atom. The molecule has 1 amide bonds. The van der Waals surface area contributed by atoms with Gasteiger partial charge in [0.2, 0.25) is 5.28 Å². The van der Waals surface area contributed by atoms with Crippen LogP contribution in [0.25, 0.3) is 10.2 Å². The fraction of sp³-hybridized carbons (Fsp3) is 0.444. The number of hydrogen-bond donors (Lipinski definition) is 0. The van der Waals surface area contributed by atoms with Gasteiger partial charge in [-0.2, -0.15) is 5.06 Å². The minimum absolute atomic E-state index is 0.00284. The first kappa shape index (κ1) is 24.6. The van der Waals surface area contributed by atoms with E-state index in [1.54, 1.807) is 0 Å². The normalized spacial score (nSPS) is 11.5. The standard InChI is InChI=1S/C18H20Cl3N5O5S/c1-8(2)6-26-15-10(14(27)23(3)17(26)28)11(31-18(29)24(4)30-5)9(32-15)7-25-13(20)12(19)22-16(25)21/h8H,6-7H2,1-5H3. The molecule has 0 unspecified atom stereocenters. The highest BCUT2D eigenvalue weighted by Gasteiger charge is 2.27. The molecule has 0 aliphatic carbocycles. The van der Waals surface area contributed by atoms with E-state index in [1.165, 1.54) is 30.3 Å². The zero-order valence-electron chi connectivity index (χ0n) is 17.8. The van der Waals surface area contributed by atoms with E-state index in [9.17, 15) is 14.4 Å². The summed E-state index contributed by atoms with van der Waals surface area (Å²) >= 11 is 19.4. The molecule has 0 N–H and O–H groups in total. The van der Waals surface area contributed by atoms with Crippen molar-refractivity contribution in [3.63, 3.8) is 0 Å². The van der Waals surface area contributed by atoms with Crippen molar-refractivity contribution in [3.05, 3.63) is 41.3 Å². The number of imidazole rings is 1. The average Bonchev–Trinajstić information content (AvgIpc) is 3.20. The molecule has 0 aliphatic rings. The number of amides is 1. The number of fused-ring (bicyclic) bond motifs is 1. The average molecular weight is 525 g/mol. The summed E-state index contributed by atoms with van der Waals surface area (Å²) in [5.74, 6) is 0.0925. The third kappa shape index (κ3) is 4.40. The van der Waals surface area contributed by atoms with Crippen LogP contribution < -0.4 is 16.0 Å². The molecule has 0 spiro atoms. The number of hydrogen-bond acceptors (Lipinski definition) is 7. The molecule has 0 aromatic carbocycles.